The lowest BCUT2D eigenvalue weighted by atomic mass is 10.3. The van der Waals surface area contributed by atoms with Gasteiger partial charge in [-0.25, -0.2) is 4.39 Å². The van der Waals surface area contributed by atoms with Crippen molar-refractivity contribution in [1.82, 2.24) is 0 Å². The summed E-state index contributed by atoms with van der Waals surface area (Å²) in [6, 6.07) is 13.2. The number of carbonyl (C=O) groups excluding carboxylic acids is 1. The molecule has 0 aromatic heterocycles. The third-order valence-corrected chi connectivity index (χ3v) is 3.57. The summed E-state index contributed by atoms with van der Waals surface area (Å²) in [5, 5.41) is 2.79. The normalized spacial score (nSPS) is 10.1. The molecule has 0 aliphatic rings. The number of thioether (sulfide) groups is 1. The molecule has 2 rings (SSSR count). The Morgan fingerprint density at radius 1 is 1.15 bits per heavy atom. The van der Waals surface area contributed by atoms with Gasteiger partial charge in [-0.1, -0.05) is 0 Å². The predicted octanol–water partition coefficient (Wildman–Crippen LogP) is 3.57. The van der Waals surface area contributed by atoms with E-state index in [0.29, 0.717) is 0 Å². The van der Waals surface area contributed by atoms with Gasteiger partial charge >= 0.3 is 0 Å². The maximum Gasteiger partial charge on any atom is 0.234 e. The van der Waals surface area contributed by atoms with E-state index in [4.69, 9.17) is 4.74 Å². The van der Waals surface area contributed by atoms with Crippen molar-refractivity contribution in [2.75, 3.05) is 18.2 Å². The Morgan fingerprint density at radius 2 is 1.80 bits per heavy atom. The monoisotopic (exact) mass is 291 g/mol. The fourth-order valence-corrected chi connectivity index (χ4v) is 2.25. The van der Waals surface area contributed by atoms with Gasteiger partial charge in [-0.05, 0) is 48.5 Å². The zero-order valence-corrected chi connectivity index (χ0v) is 11.7. The number of hydrogen-bond acceptors (Lipinski definition) is 3. The van der Waals surface area contributed by atoms with E-state index in [-0.39, 0.29) is 17.5 Å². The van der Waals surface area contributed by atoms with Gasteiger partial charge < -0.3 is 10.1 Å². The number of benzene rings is 2. The lowest BCUT2D eigenvalue weighted by Gasteiger charge is -2.06. The highest BCUT2D eigenvalue weighted by molar-refractivity contribution is 8.00. The van der Waals surface area contributed by atoms with Crippen LogP contribution in [0.5, 0.6) is 5.75 Å². The maximum absolute atomic E-state index is 12.7. The molecular weight excluding hydrogens is 277 g/mol. The lowest BCUT2D eigenvalue weighted by molar-refractivity contribution is -0.113. The molecule has 2 aromatic carbocycles. The molecule has 0 spiro atoms. The molecule has 0 fully saturated rings. The second-order valence-electron chi connectivity index (χ2n) is 4.02. The van der Waals surface area contributed by atoms with Crippen molar-refractivity contribution >= 4 is 23.4 Å². The second kappa shape index (κ2) is 6.96. The zero-order chi connectivity index (χ0) is 14.4. The molecule has 0 saturated carbocycles. The van der Waals surface area contributed by atoms with Crippen LogP contribution in [0.1, 0.15) is 0 Å². The molecule has 20 heavy (non-hydrogen) atoms. The van der Waals surface area contributed by atoms with E-state index >= 15 is 0 Å². The summed E-state index contributed by atoms with van der Waals surface area (Å²) in [6.45, 7) is 0. The highest BCUT2D eigenvalue weighted by Gasteiger charge is 2.04. The minimum atomic E-state index is -0.281. The third kappa shape index (κ3) is 4.28. The van der Waals surface area contributed by atoms with Crippen LogP contribution in [-0.4, -0.2) is 18.8 Å². The van der Waals surface area contributed by atoms with Crippen LogP contribution in [0.15, 0.2) is 53.4 Å². The summed E-state index contributed by atoms with van der Waals surface area (Å²) in [6.07, 6.45) is 0. The number of amides is 1. The first-order valence-corrected chi connectivity index (χ1v) is 6.98. The molecule has 1 amide bonds. The highest BCUT2D eigenvalue weighted by atomic mass is 32.2. The van der Waals surface area contributed by atoms with Crippen molar-refractivity contribution in [3.05, 3.63) is 54.3 Å². The van der Waals surface area contributed by atoms with Gasteiger partial charge in [0.15, 0.2) is 0 Å². The van der Waals surface area contributed by atoms with Crippen LogP contribution >= 0.6 is 11.8 Å². The van der Waals surface area contributed by atoms with E-state index in [1.807, 2.05) is 0 Å². The van der Waals surface area contributed by atoms with Gasteiger partial charge in [0, 0.05) is 10.6 Å². The lowest BCUT2D eigenvalue weighted by Crippen LogP contribution is -2.13. The summed E-state index contributed by atoms with van der Waals surface area (Å²) in [5.41, 5.74) is 0.718. The van der Waals surface area contributed by atoms with Gasteiger partial charge in [-0.3, -0.25) is 4.79 Å². The van der Waals surface area contributed by atoms with Gasteiger partial charge in [0.1, 0.15) is 11.6 Å². The number of carbonyl (C=O) groups is 1. The van der Waals surface area contributed by atoms with E-state index in [0.717, 1.165) is 16.3 Å². The average molecular weight is 291 g/mol. The Kier molecular flexibility index (Phi) is 5.01. The highest BCUT2D eigenvalue weighted by Crippen LogP contribution is 2.19. The Hall–Kier alpha value is -2.01. The van der Waals surface area contributed by atoms with Crippen LogP contribution in [0.2, 0.25) is 0 Å². The molecule has 0 aliphatic heterocycles. The van der Waals surface area contributed by atoms with Gasteiger partial charge in [0.25, 0.3) is 0 Å². The largest absolute Gasteiger partial charge is 0.497 e. The fraction of sp³-hybridized carbons (Fsp3) is 0.133. The van der Waals surface area contributed by atoms with E-state index < -0.39 is 0 Å². The minimum Gasteiger partial charge on any atom is -0.497 e. The molecule has 0 radical (unpaired) electrons. The SMILES string of the molecule is COc1ccc(NC(=O)CSc2ccc(F)cc2)cc1. The van der Waals surface area contributed by atoms with Gasteiger partial charge in [-0.2, -0.15) is 0 Å². The van der Waals surface area contributed by atoms with Crippen molar-refractivity contribution in [3.8, 4) is 5.75 Å². The number of anilines is 1. The number of hydrogen-bond donors (Lipinski definition) is 1. The molecule has 104 valence electrons. The van der Waals surface area contributed by atoms with Crippen molar-refractivity contribution in [1.29, 1.82) is 0 Å². The van der Waals surface area contributed by atoms with Gasteiger partial charge in [-0.15, -0.1) is 11.8 Å². The summed E-state index contributed by atoms with van der Waals surface area (Å²) in [7, 11) is 1.59. The quantitative estimate of drug-likeness (QED) is 0.856. The van der Waals surface area contributed by atoms with E-state index in [2.05, 4.69) is 5.32 Å². The van der Waals surface area contributed by atoms with Crippen LogP contribution in [0.4, 0.5) is 10.1 Å². The third-order valence-electron chi connectivity index (χ3n) is 2.56. The van der Waals surface area contributed by atoms with E-state index in [9.17, 15) is 9.18 Å². The first-order valence-electron chi connectivity index (χ1n) is 5.99. The number of rotatable bonds is 5. The van der Waals surface area contributed by atoms with Crippen LogP contribution in [-0.2, 0) is 4.79 Å². The van der Waals surface area contributed by atoms with E-state index in [1.165, 1.54) is 23.9 Å². The molecule has 0 bridgehead atoms. The van der Waals surface area contributed by atoms with Gasteiger partial charge in [0.2, 0.25) is 5.91 Å². The first kappa shape index (κ1) is 14.4. The maximum atomic E-state index is 12.7. The van der Waals surface area contributed by atoms with E-state index in [1.54, 1.807) is 43.5 Å². The van der Waals surface area contributed by atoms with Crippen molar-refractivity contribution in [2.24, 2.45) is 0 Å². The molecule has 0 heterocycles. The van der Waals surface area contributed by atoms with Crippen molar-refractivity contribution in [3.63, 3.8) is 0 Å². The molecule has 0 unspecified atom stereocenters. The molecular formula is C15H14FNO2S. The van der Waals surface area contributed by atoms with Gasteiger partial charge in [0.05, 0.1) is 12.9 Å². The molecule has 0 atom stereocenters. The second-order valence-corrected chi connectivity index (χ2v) is 5.07. The topological polar surface area (TPSA) is 38.3 Å². The van der Waals surface area contributed by atoms with Crippen molar-refractivity contribution < 1.29 is 13.9 Å². The summed E-state index contributed by atoms with van der Waals surface area (Å²) in [5.74, 6) is 0.628. The number of halogens is 1. The Bertz CT molecular complexity index is 569. The molecule has 0 aliphatic carbocycles. The predicted molar refractivity (Wildman–Crippen MR) is 78.7 cm³/mol. The average Bonchev–Trinajstić information content (AvgIpc) is 2.47. The number of nitrogens with one attached hydrogen (secondary N) is 1. The molecule has 5 heteroatoms. The smallest absolute Gasteiger partial charge is 0.234 e. The van der Waals surface area contributed by atoms with Crippen LogP contribution in [0, 0.1) is 5.82 Å². The molecule has 1 N–H and O–H groups in total. The summed E-state index contributed by atoms with van der Waals surface area (Å²) >= 11 is 1.36. The molecule has 2 aromatic rings. The van der Waals surface area contributed by atoms with Crippen molar-refractivity contribution in [2.45, 2.75) is 4.90 Å². The standard InChI is InChI=1S/C15H14FNO2S/c1-19-13-6-4-12(5-7-13)17-15(18)10-20-14-8-2-11(16)3-9-14/h2-9H,10H2,1H3,(H,17,18). The minimum absolute atomic E-state index is 0.107. The summed E-state index contributed by atoms with van der Waals surface area (Å²) in [4.78, 5) is 12.6. The fourth-order valence-electron chi connectivity index (χ4n) is 1.55. The zero-order valence-electron chi connectivity index (χ0n) is 10.9. The Morgan fingerprint density at radius 3 is 2.40 bits per heavy atom. The van der Waals surface area contributed by atoms with Crippen LogP contribution < -0.4 is 10.1 Å². The number of methoxy groups -OCH3 is 1. The van der Waals surface area contributed by atoms with Crippen LogP contribution in [0.3, 0.4) is 0 Å². The molecule has 3 nitrogen and oxygen atoms in total. The molecule has 0 saturated heterocycles. The number of ether oxygens (including phenoxy) is 1. The Balaban J connectivity index is 1.84. The first-order chi connectivity index (χ1) is 9.67. The summed E-state index contributed by atoms with van der Waals surface area (Å²) < 4.78 is 17.8. The Labute approximate surface area is 121 Å². The van der Waals surface area contributed by atoms with Crippen LogP contribution in [0.25, 0.3) is 0 Å².